The molecule has 1 N–H and O–H groups in total. The minimum absolute atomic E-state index is 0.175. The third kappa shape index (κ3) is 2.47. The number of ether oxygens (including phenoxy) is 2. The molecule has 1 heterocycles. The summed E-state index contributed by atoms with van der Waals surface area (Å²) in [5.41, 5.74) is 3.53. The summed E-state index contributed by atoms with van der Waals surface area (Å²) >= 11 is 0. The number of rotatable bonds is 4. The van der Waals surface area contributed by atoms with Crippen LogP contribution in [0.3, 0.4) is 0 Å². The number of nitro groups is 1. The first-order valence-electron chi connectivity index (χ1n) is 9.87. The quantitative estimate of drug-likeness (QED) is 0.603. The van der Waals surface area contributed by atoms with E-state index in [9.17, 15) is 10.1 Å². The van der Waals surface area contributed by atoms with Crippen molar-refractivity contribution in [2.75, 3.05) is 19.5 Å². The Labute approximate surface area is 164 Å². The van der Waals surface area contributed by atoms with Crippen molar-refractivity contribution < 1.29 is 14.4 Å². The van der Waals surface area contributed by atoms with Gasteiger partial charge in [0.1, 0.15) is 0 Å². The van der Waals surface area contributed by atoms with Crippen LogP contribution in [-0.4, -0.2) is 19.1 Å². The van der Waals surface area contributed by atoms with E-state index in [-0.39, 0.29) is 16.7 Å². The fourth-order valence-electron chi connectivity index (χ4n) is 5.96. The lowest BCUT2D eigenvalue weighted by Crippen LogP contribution is -2.35. The van der Waals surface area contributed by atoms with Crippen molar-refractivity contribution in [3.8, 4) is 11.5 Å². The second-order valence-corrected chi connectivity index (χ2v) is 8.20. The molecule has 2 aromatic carbocycles. The number of nitrogens with zero attached hydrogens (tertiary/aromatic N) is 1. The van der Waals surface area contributed by atoms with Crippen LogP contribution in [0, 0.1) is 27.9 Å². The molecule has 2 aliphatic carbocycles. The molecule has 0 spiro atoms. The van der Waals surface area contributed by atoms with E-state index in [1.54, 1.807) is 26.4 Å². The minimum Gasteiger partial charge on any atom is -0.493 e. The van der Waals surface area contributed by atoms with E-state index in [0.29, 0.717) is 23.7 Å². The van der Waals surface area contributed by atoms with Crippen LogP contribution >= 0.6 is 0 Å². The van der Waals surface area contributed by atoms with Gasteiger partial charge in [0.15, 0.2) is 11.5 Å². The van der Waals surface area contributed by atoms with E-state index < -0.39 is 0 Å². The van der Waals surface area contributed by atoms with E-state index in [1.807, 2.05) is 12.1 Å². The number of methoxy groups -OCH3 is 2. The van der Waals surface area contributed by atoms with E-state index >= 15 is 0 Å². The largest absolute Gasteiger partial charge is 0.493 e. The SMILES string of the molecule is COc1ccc([C@@H]2Nc3ccc([N+](=O)[O-])cc3[C@@H]3[C@H]4CC[C@@H](C4)[C@H]32)cc1OC. The molecule has 0 radical (unpaired) electrons. The van der Waals surface area contributed by atoms with Gasteiger partial charge in [0.05, 0.1) is 25.2 Å². The van der Waals surface area contributed by atoms with Gasteiger partial charge in [0.25, 0.3) is 5.69 Å². The number of nitrogens with one attached hydrogen (secondary N) is 1. The van der Waals surface area contributed by atoms with Crippen molar-refractivity contribution in [3.05, 3.63) is 57.6 Å². The van der Waals surface area contributed by atoms with Gasteiger partial charge in [-0.15, -0.1) is 0 Å². The highest BCUT2D eigenvalue weighted by atomic mass is 16.6. The lowest BCUT2D eigenvalue weighted by molar-refractivity contribution is -0.384. The molecule has 0 saturated heterocycles. The van der Waals surface area contributed by atoms with Crippen LogP contribution in [0.25, 0.3) is 0 Å². The Balaban J connectivity index is 1.60. The van der Waals surface area contributed by atoms with E-state index in [0.717, 1.165) is 22.7 Å². The van der Waals surface area contributed by atoms with Crippen LogP contribution in [0.5, 0.6) is 11.5 Å². The number of fused-ring (bicyclic) bond motifs is 7. The Morgan fingerprint density at radius 2 is 1.82 bits per heavy atom. The highest BCUT2D eigenvalue weighted by Crippen LogP contribution is 2.64. The average molecular weight is 380 g/mol. The summed E-state index contributed by atoms with van der Waals surface area (Å²) in [4.78, 5) is 11.0. The van der Waals surface area contributed by atoms with Crippen molar-refractivity contribution >= 4 is 11.4 Å². The Bertz CT molecular complexity index is 944. The molecule has 3 aliphatic rings. The summed E-state index contributed by atoms with van der Waals surface area (Å²) in [5.74, 6) is 3.58. The van der Waals surface area contributed by atoms with Gasteiger partial charge in [0.2, 0.25) is 0 Å². The molecule has 1 aliphatic heterocycles. The number of hydrogen-bond donors (Lipinski definition) is 1. The predicted molar refractivity (Wildman–Crippen MR) is 106 cm³/mol. The van der Waals surface area contributed by atoms with Crippen LogP contribution in [0.1, 0.15) is 42.3 Å². The first-order valence-corrected chi connectivity index (χ1v) is 9.87. The number of anilines is 1. The van der Waals surface area contributed by atoms with Crippen LogP contribution in [0.4, 0.5) is 11.4 Å². The molecule has 5 atom stereocenters. The topological polar surface area (TPSA) is 73.6 Å². The Kier molecular flexibility index (Phi) is 3.96. The molecule has 0 aromatic heterocycles. The first-order chi connectivity index (χ1) is 13.6. The molecule has 5 rings (SSSR count). The highest BCUT2D eigenvalue weighted by molar-refractivity contribution is 5.62. The van der Waals surface area contributed by atoms with Crippen molar-refractivity contribution in [2.24, 2.45) is 17.8 Å². The molecule has 28 heavy (non-hydrogen) atoms. The summed E-state index contributed by atoms with van der Waals surface area (Å²) in [6, 6.07) is 11.6. The van der Waals surface area contributed by atoms with Crippen molar-refractivity contribution in [1.29, 1.82) is 0 Å². The van der Waals surface area contributed by atoms with Gasteiger partial charge in [0, 0.05) is 17.8 Å². The number of benzene rings is 2. The summed E-state index contributed by atoms with van der Waals surface area (Å²) in [6.07, 6.45) is 3.71. The van der Waals surface area contributed by atoms with Gasteiger partial charge in [-0.05, 0) is 72.3 Å². The molecular weight excluding hydrogens is 356 g/mol. The van der Waals surface area contributed by atoms with Crippen LogP contribution < -0.4 is 14.8 Å². The third-order valence-electron chi connectivity index (χ3n) is 7.05. The van der Waals surface area contributed by atoms with E-state index in [1.165, 1.54) is 24.8 Å². The number of non-ortho nitro benzene ring substituents is 1. The zero-order valence-electron chi connectivity index (χ0n) is 16.1. The molecule has 0 unspecified atom stereocenters. The van der Waals surface area contributed by atoms with Crippen LogP contribution in [0.15, 0.2) is 36.4 Å². The average Bonchev–Trinajstić information content (AvgIpc) is 3.34. The van der Waals surface area contributed by atoms with Gasteiger partial charge in [-0.3, -0.25) is 10.1 Å². The Morgan fingerprint density at radius 3 is 2.57 bits per heavy atom. The van der Waals surface area contributed by atoms with Gasteiger partial charge in [-0.25, -0.2) is 0 Å². The molecule has 2 saturated carbocycles. The second-order valence-electron chi connectivity index (χ2n) is 8.20. The predicted octanol–water partition coefficient (Wildman–Crippen LogP) is 4.91. The second kappa shape index (κ2) is 6.40. The molecule has 0 amide bonds. The smallest absolute Gasteiger partial charge is 0.269 e. The first kappa shape index (κ1) is 17.3. The van der Waals surface area contributed by atoms with Gasteiger partial charge >= 0.3 is 0 Å². The lowest BCUT2D eigenvalue weighted by Gasteiger charge is -2.43. The van der Waals surface area contributed by atoms with Gasteiger partial charge in [-0.2, -0.15) is 0 Å². The zero-order valence-corrected chi connectivity index (χ0v) is 16.1. The molecule has 6 nitrogen and oxygen atoms in total. The molecule has 146 valence electrons. The molecule has 2 aromatic rings. The molecular formula is C22H24N2O4. The maximum atomic E-state index is 11.3. The summed E-state index contributed by atoms with van der Waals surface area (Å²) in [5, 5.41) is 15.0. The number of hydrogen-bond acceptors (Lipinski definition) is 5. The summed E-state index contributed by atoms with van der Waals surface area (Å²) in [6.45, 7) is 0. The number of nitro benzene ring substituents is 1. The Hall–Kier alpha value is -2.76. The van der Waals surface area contributed by atoms with E-state index in [2.05, 4.69) is 17.4 Å². The zero-order chi connectivity index (χ0) is 19.4. The van der Waals surface area contributed by atoms with Gasteiger partial charge < -0.3 is 14.8 Å². The molecule has 2 bridgehead atoms. The molecule has 6 heteroatoms. The molecule has 2 fully saturated rings. The maximum absolute atomic E-state index is 11.3. The van der Waals surface area contributed by atoms with Gasteiger partial charge in [-0.1, -0.05) is 6.07 Å². The standard InChI is InChI=1S/C22H24N2O4/c1-27-18-8-5-14(10-19(18)28-2)22-21-13-4-3-12(9-13)20(21)16-11-15(24(25)26)6-7-17(16)23-22/h5-8,10-13,20-23H,3-4,9H2,1-2H3/t12-,13-,20-,21+,22-/m0/s1. The highest BCUT2D eigenvalue weighted by Gasteiger charge is 2.54. The summed E-state index contributed by atoms with van der Waals surface area (Å²) in [7, 11) is 3.30. The maximum Gasteiger partial charge on any atom is 0.269 e. The third-order valence-corrected chi connectivity index (χ3v) is 7.05. The van der Waals surface area contributed by atoms with Crippen molar-refractivity contribution in [3.63, 3.8) is 0 Å². The van der Waals surface area contributed by atoms with E-state index in [4.69, 9.17) is 9.47 Å². The van der Waals surface area contributed by atoms with Crippen LogP contribution in [-0.2, 0) is 0 Å². The van der Waals surface area contributed by atoms with Crippen LogP contribution in [0.2, 0.25) is 0 Å². The normalized spacial score (nSPS) is 29.6. The monoisotopic (exact) mass is 380 g/mol. The van der Waals surface area contributed by atoms with Crippen molar-refractivity contribution in [2.45, 2.75) is 31.2 Å². The fraction of sp³-hybridized carbons (Fsp3) is 0.455. The minimum atomic E-state index is -0.289. The Morgan fingerprint density at radius 1 is 1.04 bits per heavy atom. The van der Waals surface area contributed by atoms with Crippen molar-refractivity contribution in [1.82, 2.24) is 0 Å². The fourth-order valence-corrected chi connectivity index (χ4v) is 5.96. The summed E-state index contributed by atoms with van der Waals surface area (Å²) < 4.78 is 10.9. The lowest BCUT2D eigenvalue weighted by atomic mass is 9.68.